The van der Waals surface area contributed by atoms with Crippen LogP contribution in [0.25, 0.3) is 11.1 Å². The van der Waals surface area contributed by atoms with Gasteiger partial charge in [0.2, 0.25) is 0 Å². The van der Waals surface area contributed by atoms with Crippen molar-refractivity contribution in [3.8, 4) is 16.9 Å². The SMILES string of the molecule is COc1ccc(C(O)C(=O)O)cc1-c1ccccc1. The molecule has 0 saturated heterocycles. The van der Waals surface area contributed by atoms with E-state index >= 15 is 0 Å². The first kappa shape index (κ1) is 13.1. The first-order chi connectivity index (χ1) is 9.13. The first-order valence-electron chi connectivity index (χ1n) is 5.77. The Morgan fingerprint density at radius 1 is 1.16 bits per heavy atom. The number of benzene rings is 2. The molecular weight excluding hydrogens is 244 g/mol. The van der Waals surface area contributed by atoms with Gasteiger partial charge in [-0.05, 0) is 23.3 Å². The fourth-order valence-corrected chi connectivity index (χ4v) is 1.88. The fourth-order valence-electron chi connectivity index (χ4n) is 1.88. The molecule has 2 aromatic rings. The number of carboxylic acids is 1. The molecular formula is C15H14O4. The molecule has 2 aromatic carbocycles. The molecule has 0 aliphatic heterocycles. The predicted octanol–water partition coefficient (Wildman–Crippen LogP) is 2.48. The van der Waals surface area contributed by atoms with Crippen molar-refractivity contribution in [2.45, 2.75) is 6.10 Å². The highest BCUT2D eigenvalue weighted by Crippen LogP contribution is 2.32. The van der Waals surface area contributed by atoms with Crippen molar-refractivity contribution in [2.75, 3.05) is 7.11 Å². The van der Waals surface area contributed by atoms with Crippen molar-refractivity contribution in [1.29, 1.82) is 0 Å². The molecule has 0 spiro atoms. The van der Waals surface area contributed by atoms with E-state index in [0.717, 1.165) is 11.1 Å². The third kappa shape index (κ3) is 2.74. The molecule has 19 heavy (non-hydrogen) atoms. The number of rotatable bonds is 4. The second-order valence-corrected chi connectivity index (χ2v) is 4.07. The third-order valence-corrected chi connectivity index (χ3v) is 2.86. The lowest BCUT2D eigenvalue weighted by Crippen LogP contribution is -2.10. The summed E-state index contributed by atoms with van der Waals surface area (Å²) in [5.74, 6) is -0.642. The van der Waals surface area contributed by atoms with Gasteiger partial charge >= 0.3 is 5.97 Å². The van der Waals surface area contributed by atoms with Crippen LogP contribution in [0.2, 0.25) is 0 Å². The Bertz CT molecular complexity index is 578. The van der Waals surface area contributed by atoms with Crippen molar-refractivity contribution in [3.05, 3.63) is 54.1 Å². The lowest BCUT2D eigenvalue weighted by molar-refractivity contribution is -0.146. The van der Waals surface area contributed by atoms with Gasteiger partial charge in [0, 0.05) is 5.56 Å². The van der Waals surface area contributed by atoms with Crippen LogP contribution >= 0.6 is 0 Å². The first-order valence-corrected chi connectivity index (χ1v) is 5.77. The average Bonchev–Trinajstić information content (AvgIpc) is 2.46. The fraction of sp³-hybridized carbons (Fsp3) is 0.133. The van der Waals surface area contributed by atoms with Crippen molar-refractivity contribution < 1.29 is 19.7 Å². The Balaban J connectivity index is 2.52. The molecule has 4 nitrogen and oxygen atoms in total. The summed E-state index contributed by atoms with van der Waals surface area (Å²) in [6.45, 7) is 0. The molecule has 2 rings (SSSR count). The van der Waals surface area contributed by atoms with Crippen LogP contribution in [0.1, 0.15) is 11.7 Å². The summed E-state index contributed by atoms with van der Waals surface area (Å²) >= 11 is 0. The van der Waals surface area contributed by atoms with E-state index in [1.165, 1.54) is 0 Å². The third-order valence-electron chi connectivity index (χ3n) is 2.86. The summed E-state index contributed by atoms with van der Waals surface area (Å²) in [4.78, 5) is 10.8. The highest BCUT2D eigenvalue weighted by molar-refractivity contribution is 5.77. The standard InChI is InChI=1S/C15H14O4/c1-19-13-8-7-11(14(16)15(17)18)9-12(13)10-5-3-2-4-6-10/h2-9,14,16H,1H3,(H,17,18). The van der Waals surface area contributed by atoms with Crippen molar-refractivity contribution in [2.24, 2.45) is 0 Å². The monoisotopic (exact) mass is 258 g/mol. The molecule has 98 valence electrons. The van der Waals surface area contributed by atoms with Gasteiger partial charge < -0.3 is 14.9 Å². The van der Waals surface area contributed by atoms with Gasteiger partial charge in [-0.15, -0.1) is 0 Å². The molecule has 4 heteroatoms. The number of aliphatic hydroxyl groups excluding tert-OH is 1. The van der Waals surface area contributed by atoms with Gasteiger partial charge in [0.05, 0.1) is 7.11 Å². The van der Waals surface area contributed by atoms with Crippen molar-refractivity contribution in [3.63, 3.8) is 0 Å². The summed E-state index contributed by atoms with van der Waals surface area (Å²) in [5.41, 5.74) is 1.98. The zero-order valence-electron chi connectivity index (χ0n) is 10.4. The number of methoxy groups -OCH3 is 1. The minimum atomic E-state index is -1.53. The average molecular weight is 258 g/mol. The van der Waals surface area contributed by atoms with Gasteiger partial charge in [-0.2, -0.15) is 0 Å². The maximum atomic E-state index is 10.8. The molecule has 0 heterocycles. The van der Waals surface area contributed by atoms with Gasteiger partial charge in [0.25, 0.3) is 0 Å². The molecule has 0 radical (unpaired) electrons. The number of carboxylic acid groups (broad SMARTS) is 1. The highest BCUT2D eigenvalue weighted by Gasteiger charge is 2.18. The van der Waals surface area contributed by atoms with Gasteiger partial charge in [-0.25, -0.2) is 4.79 Å². The van der Waals surface area contributed by atoms with Crippen LogP contribution in [-0.4, -0.2) is 23.3 Å². The molecule has 2 N–H and O–H groups in total. The van der Waals surface area contributed by atoms with E-state index in [4.69, 9.17) is 9.84 Å². The van der Waals surface area contributed by atoms with Crippen LogP contribution in [0.5, 0.6) is 5.75 Å². The largest absolute Gasteiger partial charge is 0.496 e. The number of aliphatic carboxylic acids is 1. The lowest BCUT2D eigenvalue weighted by atomic mass is 9.99. The maximum Gasteiger partial charge on any atom is 0.337 e. The maximum absolute atomic E-state index is 10.8. The normalized spacial score (nSPS) is 11.9. The van der Waals surface area contributed by atoms with E-state index in [9.17, 15) is 9.90 Å². The Labute approximate surface area is 110 Å². The Kier molecular flexibility index (Phi) is 3.82. The van der Waals surface area contributed by atoms with E-state index < -0.39 is 12.1 Å². The summed E-state index contributed by atoms with van der Waals surface area (Å²) in [7, 11) is 1.55. The van der Waals surface area contributed by atoms with Gasteiger partial charge in [0.15, 0.2) is 6.10 Å². The lowest BCUT2D eigenvalue weighted by Gasteiger charge is -2.12. The topological polar surface area (TPSA) is 66.8 Å². The Hall–Kier alpha value is -2.33. The molecule has 0 saturated carbocycles. The Morgan fingerprint density at radius 3 is 2.42 bits per heavy atom. The minimum Gasteiger partial charge on any atom is -0.496 e. The van der Waals surface area contributed by atoms with E-state index in [0.29, 0.717) is 11.3 Å². The van der Waals surface area contributed by atoms with Crippen LogP contribution in [0.4, 0.5) is 0 Å². The molecule has 1 unspecified atom stereocenters. The second kappa shape index (κ2) is 5.54. The minimum absolute atomic E-state index is 0.326. The molecule has 1 atom stereocenters. The van der Waals surface area contributed by atoms with E-state index in [1.807, 2.05) is 30.3 Å². The number of hydrogen-bond acceptors (Lipinski definition) is 3. The molecule has 0 aromatic heterocycles. The second-order valence-electron chi connectivity index (χ2n) is 4.07. The van der Waals surface area contributed by atoms with E-state index in [1.54, 1.807) is 25.3 Å². The van der Waals surface area contributed by atoms with Gasteiger partial charge in [-0.3, -0.25) is 0 Å². The number of hydrogen-bond donors (Lipinski definition) is 2. The summed E-state index contributed by atoms with van der Waals surface area (Å²) < 4.78 is 5.27. The Morgan fingerprint density at radius 2 is 1.84 bits per heavy atom. The number of aliphatic hydroxyl groups is 1. The zero-order valence-corrected chi connectivity index (χ0v) is 10.4. The number of ether oxygens (including phenoxy) is 1. The van der Waals surface area contributed by atoms with Crippen LogP contribution in [0.3, 0.4) is 0 Å². The zero-order chi connectivity index (χ0) is 13.8. The smallest absolute Gasteiger partial charge is 0.337 e. The quantitative estimate of drug-likeness (QED) is 0.884. The number of carbonyl (C=O) groups is 1. The highest BCUT2D eigenvalue weighted by atomic mass is 16.5. The van der Waals surface area contributed by atoms with Crippen LogP contribution in [0, 0.1) is 0 Å². The summed E-state index contributed by atoms with van der Waals surface area (Å²) in [5, 5.41) is 18.4. The molecule has 0 amide bonds. The van der Waals surface area contributed by atoms with Crippen molar-refractivity contribution >= 4 is 5.97 Å². The molecule has 0 fully saturated rings. The van der Waals surface area contributed by atoms with Crippen molar-refractivity contribution in [1.82, 2.24) is 0 Å². The van der Waals surface area contributed by atoms with Gasteiger partial charge in [0.1, 0.15) is 5.75 Å². The van der Waals surface area contributed by atoms with Gasteiger partial charge in [-0.1, -0.05) is 36.4 Å². The summed E-state index contributed by atoms with van der Waals surface area (Å²) in [6, 6.07) is 14.3. The van der Waals surface area contributed by atoms with E-state index in [2.05, 4.69) is 0 Å². The predicted molar refractivity (Wildman–Crippen MR) is 71.0 cm³/mol. The molecule has 0 bridgehead atoms. The molecule has 0 aliphatic carbocycles. The summed E-state index contributed by atoms with van der Waals surface area (Å²) in [6.07, 6.45) is -1.53. The van der Waals surface area contributed by atoms with Crippen LogP contribution in [0.15, 0.2) is 48.5 Å². The van der Waals surface area contributed by atoms with E-state index in [-0.39, 0.29) is 0 Å². The van der Waals surface area contributed by atoms with Crippen LogP contribution in [-0.2, 0) is 4.79 Å². The van der Waals surface area contributed by atoms with Crippen LogP contribution < -0.4 is 4.74 Å². The molecule has 0 aliphatic rings.